The number of rotatable bonds is 6. The van der Waals surface area contributed by atoms with E-state index in [1.165, 1.54) is 18.9 Å². The number of esters is 1. The minimum absolute atomic E-state index is 0. The van der Waals surface area contributed by atoms with Crippen LogP contribution >= 0.6 is 24.2 Å². The highest BCUT2D eigenvalue weighted by Gasteiger charge is 2.23. The molecule has 1 fully saturated rings. The number of amides is 1. The first kappa shape index (κ1) is 15.5. The van der Waals surface area contributed by atoms with Gasteiger partial charge in [0, 0.05) is 12.3 Å². The van der Waals surface area contributed by atoms with Crippen molar-refractivity contribution in [1.29, 1.82) is 0 Å². The molecule has 7 heteroatoms. The summed E-state index contributed by atoms with van der Waals surface area (Å²) in [7, 11) is 1.37. The van der Waals surface area contributed by atoms with Crippen LogP contribution in [0.25, 0.3) is 0 Å². The topological polar surface area (TPSA) is 67.4 Å². The number of halogens is 1. The molecule has 0 aromatic heterocycles. The Hall–Kier alpha value is -0.460. The number of nitrogens with one attached hydrogen (secondary N) is 2. The van der Waals surface area contributed by atoms with Crippen molar-refractivity contribution >= 4 is 36.0 Å². The highest BCUT2D eigenvalue weighted by Crippen LogP contribution is 2.02. The number of carbonyl (C=O) groups is 2. The second-order valence-electron chi connectivity index (χ2n) is 3.22. The highest BCUT2D eigenvalue weighted by molar-refractivity contribution is 7.99. The van der Waals surface area contributed by atoms with E-state index in [1.807, 2.05) is 0 Å². The molecule has 0 aliphatic carbocycles. The van der Waals surface area contributed by atoms with Gasteiger partial charge in [-0.3, -0.25) is 9.59 Å². The van der Waals surface area contributed by atoms with E-state index in [0.717, 1.165) is 18.7 Å². The van der Waals surface area contributed by atoms with Crippen molar-refractivity contribution in [2.45, 2.75) is 12.5 Å². The van der Waals surface area contributed by atoms with Gasteiger partial charge in [-0.1, -0.05) is 0 Å². The van der Waals surface area contributed by atoms with Crippen LogP contribution in [0.4, 0.5) is 0 Å². The summed E-state index contributed by atoms with van der Waals surface area (Å²) in [4.78, 5) is 22.0. The van der Waals surface area contributed by atoms with Gasteiger partial charge in [-0.05, 0) is 13.0 Å². The minimum atomic E-state index is -0.230. The van der Waals surface area contributed by atoms with Gasteiger partial charge in [0.2, 0.25) is 5.91 Å². The number of ether oxygens (including phenoxy) is 1. The number of methoxy groups -OCH3 is 1. The first-order chi connectivity index (χ1) is 7.24. The van der Waals surface area contributed by atoms with Crippen LogP contribution in [0.1, 0.15) is 6.42 Å². The molecule has 2 N–H and O–H groups in total. The fourth-order valence-electron chi connectivity index (χ4n) is 1.10. The Bertz CT molecular complexity index is 237. The van der Waals surface area contributed by atoms with Gasteiger partial charge in [-0.15, -0.1) is 24.2 Å². The van der Waals surface area contributed by atoms with Gasteiger partial charge in [0.15, 0.2) is 0 Å². The zero-order valence-electron chi connectivity index (χ0n) is 9.15. The largest absolute Gasteiger partial charge is 0.468 e. The summed E-state index contributed by atoms with van der Waals surface area (Å²) in [5.41, 5.74) is 0. The maximum absolute atomic E-state index is 11.3. The lowest BCUT2D eigenvalue weighted by Gasteiger charge is -2.26. The first-order valence-electron chi connectivity index (χ1n) is 4.89. The molecule has 0 unspecified atom stereocenters. The molecular weight excluding hydrogens is 252 g/mol. The Morgan fingerprint density at radius 1 is 1.56 bits per heavy atom. The van der Waals surface area contributed by atoms with Crippen LogP contribution in [0.3, 0.4) is 0 Å². The minimum Gasteiger partial charge on any atom is -0.468 e. The molecule has 0 aromatic rings. The van der Waals surface area contributed by atoms with Crippen molar-refractivity contribution in [2.75, 3.05) is 31.7 Å². The first-order valence-corrected chi connectivity index (χ1v) is 6.05. The fourth-order valence-corrected chi connectivity index (χ4v) is 1.77. The predicted molar refractivity (Wildman–Crippen MR) is 66.0 cm³/mol. The van der Waals surface area contributed by atoms with E-state index in [2.05, 4.69) is 15.4 Å². The van der Waals surface area contributed by atoms with Crippen molar-refractivity contribution in [2.24, 2.45) is 0 Å². The van der Waals surface area contributed by atoms with Crippen LogP contribution in [0.2, 0.25) is 0 Å². The molecule has 1 heterocycles. The monoisotopic (exact) mass is 268 g/mol. The summed E-state index contributed by atoms with van der Waals surface area (Å²) in [6.45, 7) is 1.52. The average molecular weight is 269 g/mol. The number of hydrogen-bond donors (Lipinski definition) is 2. The van der Waals surface area contributed by atoms with E-state index in [9.17, 15) is 9.59 Å². The average Bonchev–Trinajstić information content (AvgIpc) is 2.14. The number of carbonyl (C=O) groups excluding carboxylic acids is 2. The zero-order valence-corrected chi connectivity index (χ0v) is 10.8. The van der Waals surface area contributed by atoms with E-state index >= 15 is 0 Å². The molecule has 1 aliphatic rings. The van der Waals surface area contributed by atoms with Gasteiger partial charge in [-0.25, -0.2) is 0 Å². The Morgan fingerprint density at radius 3 is 2.75 bits per heavy atom. The van der Waals surface area contributed by atoms with E-state index in [0.29, 0.717) is 12.3 Å². The summed E-state index contributed by atoms with van der Waals surface area (Å²) in [6, 6.07) is -0.00407. The molecule has 0 radical (unpaired) electrons. The molecule has 0 spiro atoms. The van der Waals surface area contributed by atoms with Crippen LogP contribution in [-0.2, 0) is 14.3 Å². The standard InChI is InChI=1S/C9H16N2O3S.ClH/c1-14-8(12)6-15-5-4-11-9(13)7-2-3-10-7;/h7,10H,2-6H2,1H3,(H,11,13);1H/t7-;/m1./s1. The molecule has 16 heavy (non-hydrogen) atoms. The van der Waals surface area contributed by atoms with E-state index in [-0.39, 0.29) is 30.3 Å². The molecule has 1 saturated heterocycles. The molecule has 1 amide bonds. The summed E-state index contributed by atoms with van der Waals surface area (Å²) in [6.07, 6.45) is 0.918. The van der Waals surface area contributed by atoms with Crippen LogP contribution in [0, 0.1) is 0 Å². The van der Waals surface area contributed by atoms with E-state index < -0.39 is 0 Å². The summed E-state index contributed by atoms with van der Waals surface area (Å²) in [5, 5.41) is 5.82. The summed E-state index contributed by atoms with van der Waals surface area (Å²) >= 11 is 1.46. The smallest absolute Gasteiger partial charge is 0.315 e. The third-order valence-electron chi connectivity index (χ3n) is 2.13. The van der Waals surface area contributed by atoms with Crippen LogP contribution in [0.15, 0.2) is 0 Å². The van der Waals surface area contributed by atoms with Gasteiger partial charge in [-0.2, -0.15) is 0 Å². The Labute approximate surface area is 105 Å². The molecular formula is C9H17ClN2O3S. The lowest BCUT2D eigenvalue weighted by Crippen LogP contribution is -2.53. The van der Waals surface area contributed by atoms with Crippen molar-refractivity contribution < 1.29 is 14.3 Å². The van der Waals surface area contributed by atoms with Crippen molar-refractivity contribution in [3.05, 3.63) is 0 Å². The van der Waals surface area contributed by atoms with Gasteiger partial charge >= 0.3 is 5.97 Å². The van der Waals surface area contributed by atoms with Crippen LogP contribution < -0.4 is 10.6 Å². The predicted octanol–water partition coefficient (Wildman–Crippen LogP) is -0.208. The Balaban J connectivity index is 0.00000225. The highest BCUT2D eigenvalue weighted by atomic mass is 35.5. The van der Waals surface area contributed by atoms with Gasteiger partial charge in [0.25, 0.3) is 0 Å². The second kappa shape index (κ2) is 8.66. The third-order valence-corrected chi connectivity index (χ3v) is 3.07. The fraction of sp³-hybridized carbons (Fsp3) is 0.778. The second-order valence-corrected chi connectivity index (χ2v) is 4.32. The van der Waals surface area contributed by atoms with Crippen LogP contribution in [-0.4, -0.2) is 49.6 Å². The SMILES string of the molecule is COC(=O)CSCCNC(=O)[C@H]1CCN1.Cl. The van der Waals surface area contributed by atoms with Gasteiger partial charge < -0.3 is 15.4 Å². The molecule has 5 nitrogen and oxygen atoms in total. The van der Waals surface area contributed by atoms with Crippen molar-refractivity contribution in [3.8, 4) is 0 Å². The summed E-state index contributed by atoms with van der Waals surface area (Å²) in [5.74, 6) is 0.897. The quantitative estimate of drug-likeness (QED) is 0.516. The lowest BCUT2D eigenvalue weighted by atomic mass is 10.1. The third kappa shape index (κ3) is 5.58. The lowest BCUT2D eigenvalue weighted by molar-refractivity contribution is -0.137. The Kier molecular flexibility index (Phi) is 8.42. The molecule has 0 aromatic carbocycles. The maximum Gasteiger partial charge on any atom is 0.315 e. The van der Waals surface area contributed by atoms with Gasteiger partial charge in [0.1, 0.15) is 0 Å². The van der Waals surface area contributed by atoms with E-state index in [1.54, 1.807) is 0 Å². The number of hydrogen-bond acceptors (Lipinski definition) is 5. The Morgan fingerprint density at radius 2 is 2.25 bits per heavy atom. The van der Waals surface area contributed by atoms with Crippen molar-refractivity contribution in [1.82, 2.24) is 10.6 Å². The number of thioether (sulfide) groups is 1. The normalized spacial score (nSPS) is 17.9. The van der Waals surface area contributed by atoms with Gasteiger partial charge in [0.05, 0.1) is 18.9 Å². The molecule has 94 valence electrons. The van der Waals surface area contributed by atoms with Crippen LogP contribution in [0.5, 0.6) is 0 Å². The molecule has 1 aliphatic heterocycles. The molecule has 0 bridgehead atoms. The summed E-state index contributed by atoms with van der Waals surface area (Å²) < 4.78 is 4.49. The molecule has 0 saturated carbocycles. The maximum atomic E-state index is 11.3. The molecule has 1 rings (SSSR count). The van der Waals surface area contributed by atoms with Crippen molar-refractivity contribution in [3.63, 3.8) is 0 Å². The van der Waals surface area contributed by atoms with E-state index in [4.69, 9.17) is 0 Å². The molecule has 1 atom stereocenters. The zero-order chi connectivity index (χ0) is 11.1.